The Bertz CT molecular complexity index is 1150. The van der Waals surface area contributed by atoms with Crippen LogP contribution in [0, 0.1) is 20.8 Å². The van der Waals surface area contributed by atoms with Gasteiger partial charge in [0.15, 0.2) is 11.0 Å². The third-order valence-corrected chi connectivity index (χ3v) is 6.07. The normalized spacial score (nSPS) is 11.6. The molecule has 3 aromatic rings. The standard InChI is InChI=1S/C25H29N5O2S/c1-6-13-30-23(19(5)26-24(32)20-11-8-16(2)9-12-20)28-29-25(30)33-15-22(31)27-21-14-17(3)7-10-18(21)4/h6-12,14,19H,1,13,15H2,2-5H3,(H,26,32)(H,27,31)/t19-/m1/s1. The molecule has 8 heteroatoms. The van der Waals surface area contributed by atoms with Gasteiger partial charge in [0.05, 0.1) is 11.8 Å². The Morgan fingerprint density at radius 2 is 1.79 bits per heavy atom. The molecule has 33 heavy (non-hydrogen) atoms. The summed E-state index contributed by atoms with van der Waals surface area (Å²) in [5, 5.41) is 15.1. The van der Waals surface area contributed by atoms with Crippen molar-refractivity contribution in [2.75, 3.05) is 11.1 Å². The van der Waals surface area contributed by atoms with Crippen molar-refractivity contribution in [2.24, 2.45) is 0 Å². The second kappa shape index (κ2) is 11.0. The molecule has 2 amide bonds. The molecule has 2 aromatic carbocycles. The summed E-state index contributed by atoms with van der Waals surface area (Å²) < 4.78 is 1.86. The predicted octanol–water partition coefficient (Wildman–Crippen LogP) is 4.61. The average molecular weight is 464 g/mol. The Hall–Kier alpha value is -3.39. The van der Waals surface area contributed by atoms with Crippen molar-refractivity contribution in [1.82, 2.24) is 20.1 Å². The molecule has 1 heterocycles. The maximum absolute atomic E-state index is 12.6. The molecule has 3 rings (SSSR count). The molecule has 0 unspecified atom stereocenters. The number of aryl methyl sites for hydroxylation is 3. The number of amides is 2. The molecule has 2 N–H and O–H groups in total. The Morgan fingerprint density at radius 3 is 2.48 bits per heavy atom. The molecule has 0 aliphatic carbocycles. The van der Waals surface area contributed by atoms with Crippen LogP contribution in [0.25, 0.3) is 0 Å². The molecular weight excluding hydrogens is 434 g/mol. The number of anilines is 1. The van der Waals surface area contributed by atoms with Gasteiger partial charge < -0.3 is 15.2 Å². The van der Waals surface area contributed by atoms with Crippen molar-refractivity contribution in [2.45, 2.75) is 45.4 Å². The van der Waals surface area contributed by atoms with E-state index in [2.05, 4.69) is 27.4 Å². The number of hydrogen-bond donors (Lipinski definition) is 2. The van der Waals surface area contributed by atoms with Crippen molar-refractivity contribution in [3.63, 3.8) is 0 Å². The summed E-state index contributed by atoms with van der Waals surface area (Å²) in [6.07, 6.45) is 1.74. The van der Waals surface area contributed by atoms with Gasteiger partial charge in [-0.15, -0.1) is 16.8 Å². The number of thioether (sulfide) groups is 1. The molecule has 0 aliphatic rings. The highest BCUT2D eigenvalue weighted by Gasteiger charge is 2.20. The first-order chi connectivity index (χ1) is 15.8. The van der Waals surface area contributed by atoms with E-state index in [1.54, 1.807) is 18.2 Å². The van der Waals surface area contributed by atoms with Crippen LogP contribution in [-0.2, 0) is 11.3 Å². The van der Waals surface area contributed by atoms with E-state index in [-0.39, 0.29) is 23.6 Å². The van der Waals surface area contributed by atoms with Crippen molar-refractivity contribution in [3.8, 4) is 0 Å². The molecular formula is C25H29N5O2S. The van der Waals surface area contributed by atoms with Gasteiger partial charge in [0.25, 0.3) is 5.91 Å². The zero-order chi connectivity index (χ0) is 24.0. The molecule has 1 atom stereocenters. The lowest BCUT2D eigenvalue weighted by atomic mass is 10.1. The van der Waals surface area contributed by atoms with Gasteiger partial charge >= 0.3 is 0 Å². The molecule has 1 aromatic heterocycles. The summed E-state index contributed by atoms with van der Waals surface area (Å²) in [4.78, 5) is 25.1. The second-order valence-electron chi connectivity index (χ2n) is 7.96. The molecule has 0 saturated heterocycles. The minimum absolute atomic E-state index is 0.121. The molecule has 0 fully saturated rings. The van der Waals surface area contributed by atoms with Gasteiger partial charge in [-0.25, -0.2) is 0 Å². The molecule has 0 bridgehead atoms. The minimum atomic E-state index is -0.371. The average Bonchev–Trinajstić information content (AvgIpc) is 3.18. The third kappa shape index (κ3) is 6.32. The lowest BCUT2D eigenvalue weighted by Gasteiger charge is -2.15. The fourth-order valence-corrected chi connectivity index (χ4v) is 4.02. The highest BCUT2D eigenvalue weighted by Crippen LogP contribution is 2.22. The van der Waals surface area contributed by atoms with Gasteiger partial charge in [0, 0.05) is 17.8 Å². The number of hydrogen-bond acceptors (Lipinski definition) is 5. The smallest absolute Gasteiger partial charge is 0.251 e. The van der Waals surface area contributed by atoms with E-state index in [4.69, 9.17) is 0 Å². The number of rotatable bonds is 9. The summed E-state index contributed by atoms with van der Waals surface area (Å²) in [5.41, 5.74) is 4.57. The predicted molar refractivity (Wildman–Crippen MR) is 133 cm³/mol. The fourth-order valence-electron chi connectivity index (χ4n) is 3.26. The van der Waals surface area contributed by atoms with Gasteiger partial charge in [-0.05, 0) is 57.0 Å². The second-order valence-corrected chi connectivity index (χ2v) is 8.90. The topological polar surface area (TPSA) is 88.9 Å². The molecule has 0 aliphatic heterocycles. The first-order valence-corrected chi connectivity index (χ1v) is 11.7. The molecule has 0 radical (unpaired) electrons. The van der Waals surface area contributed by atoms with Gasteiger partial charge in [0.1, 0.15) is 0 Å². The van der Waals surface area contributed by atoms with Crippen LogP contribution in [0.3, 0.4) is 0 Å². The largest absolute Gasteiger partial charge is 0.342 e. The summed E-state index contributed by atoms with van der Waals surface area (Å²) >= 11 is 1.30. The summed E-state index contributed by atoms with van der Waals surface area (Å²) in [5.74, 6) is 0.488. The van der Waals surface area contributed by atoms with Gasteiger partial charge in [-0.3, -0.25) is 9.59 Å². The van der Waals surface area contributed by atoms with E-state index >= 15 is 0 Å². The van der Waals surface area contributed by atoms with E-state index < -0.39 is 0 Å². The number of nitrogens with zero attached hydrogens (tertiary/aromatic N) is 3. The van der Waals surface area contributed by atoms with E-state index in [1.807, 2.05) is 62.6 Å². The summed E-state index contributed by atoms with van der Waals surface area (Å²) in [6, 6.07) is 13.0. The number of carbonyl (C=O) groups excluding carboxylic acids is 2. The highest BCUT2D eigenvalue weighted by atomic mass is 32.2. The van der Waals surface area contributed by atoms with Crippen molar-refractivity contribution in [1.29, 1.82) is 0 Å². The van der Waals surface area contributed by atoms with Crippen LogP contribution >= 0.6 is 11.8 Å². The number of nitrogens with one attached hydrogen (secondary N) is 2. The third-order valence-electron chi connectivity index (χ3n) is 5.11. The van der Waals surface area contributed by atoms with Crippen molar-refractivity contribution >= 4 is 29.3 Å². The Balaban J connectivity index is 1.67. The van der Waals surface area contributed by atoms with E-state index in [9.17, 15) is 9.59 Å². The van der Waals surface area contributed by atoms with Gasteiger partial charge in [0.2, 0.25) is 5.91 Å². The van der Waals surface area contributed by atoms with Crippen LogP contribution in [-0.4, -0.2) is 32.3 Å². The zero-order valence-electron chi connectivity index (χ0n) is 19.4. The zero-order valence-corrected chi connectivity index (χ0v) is 20.2. The number of carbonyl (C=O) groups is 2. The SMILES string of the molecule is C=CCn1c(SCC(=O)Nc2cc(C)ccc2C)nnc1[C@@H](C)NC(=O)c1ccc(C)cc1. The minimum Gasteiger partial charge on any atom is -0.342 e. The quantitative estimate of drug-likeness (QED) is 0.357. The number of aromatic nitrogens is 3. The maximum atomic E-state index is 12.6. The van der Waals surface area contributed by atoms with Crippen LogP contribution < -0.4 is 10.6 Å². The van der Waals surface area contributed by atoms with E-state index in [0.717, 1.165) is 22.4 Å². The van der Waals surface area contributed by atoms with Crippen LogP contribution in [0.15, 0.2) is 60.3 Å². The first-order valence-electron chi connectivity index (χ1n) is 10.7. The van der Waals surface area contributed by atoms with E-state index in [1.165, 1.54) is 11.8 Å². The molecule has 7 nitrogen and oxygen atoms in total. The maximum Gasteiger partial charge on any atom is 0.251 e. The Morgan fingerprint density at radius 1 is 1.09 bits per heavy atom. The fraction of sp³-hybridized carbons (Fsp3) is 0.280. The number of benzene rings is 2. The lowest BCUT2D eigenvalue weighted by Crippen LogP contribution is -2.28. The number of allylic oxidation sites excluding steroid dienone is 1. The first kappa shape index (κ1) is 24.3. The highest BCUT2D eigenvalue weighted by molar-refractivity contribution is 7.99. The molecule has 0 spiro atoms. The molecule has 172 valence electrons. The molecule has 0 saturated carbocycles. The summed E-state index contributed by atoms with van der Waals surface area (Å²) in [7, 11) is 0. The van der Waals surface area contributed by atoms with Gasteiger partial charge in [-0.2, -0.15) is 0 Å². The Kier molecular flexibility index (Phi) is 8.06. The van der Waals surface area contributed by atoms with Gasteiger partial charge in [-0.1, -0.05) is 47.7 Å². The monoisotopic (exact) mass is 463 g/mol. The lowest BCUT2D eigenvalue weighted by molar-refractivity contribution is -0.113. The Labute approximate surface area is 198 Å². The van der Waals surface area contributed by atoms with Crippen molar-refractivity contribution in [3.05, 3.63) is 83.2 Å². The van der Waals surface area contributed by atoms with Crippen molar-refractivity contribution < 1.29 is 9.59 Å². The van der Waals surface area contributed by atoms with Crippen LogP contribution in [0.4, 0.5) is 5.69 Å². The van der Waals surface area contributed by atoms with E-state index in [0.29, 0.717) is 23.1 Å². The van der Waals surface area contributed by atoms with Crippen LogP contribution in [0.1, 0.15) is 45.8 Å². The van der Waals surface area contributed by atoms with Crippen LogP contribution in [0.5, 0.6) is 0 Å². The summed E-state index contributed by atoms with van der Waals surface area (Å²) in [6.45, 7) is 12.1. The van der Waals surface area contributed by atoms with Crippen LogP contribution in [0.2, 0.25) is 0 Å².